The van der Waals surface area contributed by atoms with Crippen LogP contribution in [0.4, 0.5) is 5.95 Å². The molecule has 0 radical (unpaired) electrons. The van der Waals surface area contributed by atoms with Crippen LogP contribution in [0.2, 0.25) is 0 Å². The molecule has 0 amide bonds. The number of aromatic nitrogens is 3. The number of hydrogen-bond acceptors (Lipinski definition) is 6. The van der Waals surface area contributed by atoms with Crippen molar-refractivity contribution >= 4 is 11.9 Å². The van der Waals surface area contributed by atoms with Gasteiger partial charge in [0.15, 0.2) is 0 Å². The predicted molar refractivity (Wildman–Crippen MR) is 107 cm³/mol. The molecule has 0 saturated heterocycles. The van der Waals surface area contributed by atoms with Crippen LogP contribution >= 0.6 is 0 Å². The van der Waals surface area contributed by atoms with E-state index < -0.39 is 6.04 Å². The highest BCUT2D eigenvalue weighted by Gasteiger charge is 2.34. The molecular formula is C21H28N4O3. The van der Waals surface area contributed by atoms with Crippen molar-refractivity contribution in [2.75, 3.05) is 18.5 Å². The van der Waals surface area contributed by atoms with Crippen LogP contribution in [-0.2, 0) is 9.53 Å². The summed E-state index contributed by atoms with van der Waals surface area (Å²) in [5, 5.41) is 7.50. The first-order valence-corrected chi connectivity index (χ1v) is 9.92. The highest BCUT2D eigenvalue weighted by molar-refractivity contribution is 5.92. The summed E-state index contributed by atoms with van der Waals surface area (Å²) >= 11 is 0. The monoisotopic (exact) mass is 384 g/mol. The van der Waals surface area contributed by atoms with Crippen molar-refractivity contribution in [2.24, 2.45) is 0 Å². The summed E-state index contributed by atoms with van der Waals surface area (Å²) in [5.74, 6) is 1.05. The topological polar surface area (TPSA) is 78.3 Å². The molecule has 0 saturated carbocycles. The number of allylic oxidation sites excluding steroid dienone is 1. The number of anilines is 1. The molecule has 0 bridgehead atoms. The molecule has 3 rings (SSSR count). The molecule has 2 heterocycles. The van der Waals surface area contributed by atoms with Crippen LogP contribution in [-0.4, -0.2) is 33.9 Å². The van der Waals surface area contributed by atoms with Gasteiger partial charge in [-0.3, -0.25) is 0 Å². The fourth-order valence-corrected chi connectivity index (χ4v) is 3.16. The lowest BCUT2D eigenvalue weighted by atomic mass is 9.95. The van der Waals surface area contributed by atoms with Gasteiger partial charge in [-0.1, -0.05) is 38.8 Å². The quantitative estimate of drug-likeness (QED) is 0.518. The molecule has 7 nitrogen and oxygen atoms in total. The van der Waals surface area contributed by atoms with Crippen molar-refractivity contribution in [3.63, 3.8) is 0 Å². The molecule has 1 aromatic heterocycles. The number of nitrogens with zero attached hydrogens (tertiary/aromatic N) is 3. The second-order valence-corrected chi connectivity index (χ2v) is 6.86. The zero-order chi connectivity index (χ0) is 19.9. The summed E-state index contributed by atoms with van der Waals surface area (Å²) in [4.78, 5) is 17.1. The second kappa shape index (κ2) is 9.39. The Hall–Kier alpha value is -2.83. The van der Waals surface area contributed by atoms with Gasteiger partial charge in [-0.2, -0.15) is 10.1 Å². The van der Waals surface area contributed by atoms with Crippen LogP contribution in [0, 0.1) is 0 Å². The number of carbonyl (C=O) groups is 1. The molecule has 1 aliphatic rings. The lowest BCUT2D eigenvalue weighted by Gasteiger charge is -2.28. The number of carbonyl (C=O) groups excluding carboxylic acids is 1. The van der Waals surface area contributed by atoms with Gasteiger partial charge in [0.25, 0.3) is 0 Å². The van der Waals surface area contributed by atoms with Gasteiger partial charge < -0.3 is 14.8 Å². The Morgan fingerprint density at radius 3 is 2.79 bits per heavy atom. The van der Waals surface area contributed by atoms with E-state index in [0.717, 1.165) is 42.7 Å². The fraction of sp³-hybridized carbons (Fsp3) is 0.476. The molecule has 0 spiro atoms. The van der Waals surface area contributed by atoms with Crippen molar-refractivity contribution in [3.8, 4) is 5.75 Å². The zero-order valence-electron chi connectivity index (χ0n) is 16.8. The van der Waals surface area contributed by atoms with Crippen LogP contribution in [0.1, 0.15) is 58.1 Å². The van der Waals surface area contributed by atoms with E-state index >= 15 is 0 Å². The van der Waals surface area contributed by atoms with E-state index in [4.69, 9.17) is 9.47 Å². The van der Waals surface area contributed by atoms with E-state index in [1.807, 2.05) is 31.2 Å². The molecule has 28 heavy (non-hydrogen) atoms. The minimum atomic E-state index is -0.414. The smallest absolute Gasteiger partial charge is 0.338 e. The summed E-state index contributed by atoms with van der Waals surface area (Å²) in [6.45, 7) is 7.13. The SMILES string of the molecule is CCCCOC(=O)C1=C(C)Nc2ncnn2C1c1cccc(OCCCC)c1. The number of hydrogen-bond donors (Lipinski definition) is 1. The maximum Gasteiger partial charge on any atom is 0.338 e. The first-order valence-electron chi connectivity index (χ1n) is 9.92. The van der Waals surface area contributed by atoms with Gasteiger partial charge in [-0.05, 0) is 37.5 Å². The minimum Gasteiger partial charge on any atom is -0.494 e. The summed E-state index contributed by atoms with van der Waals surface area (Å²) in [6.07, 6.45) is 5.36. The Kier molecular flexibility index (Phi) is 6.68. The van der Waals surface area contributed by atoms with Crippen LogP contribution in [0.3, 0.4) is 0 Å². The molecule has 150 valence electrons. The van der Waals surface area contributed by atoms with Crippen molar-refractivity contribution < 1.29 is 14.3 Å². The molecule has 1 N–H and O–H groups in total. The van der Waals surface area contributed by atoms with E-state index in [1.165, 1.54) is 6.33 Å². The molecule has 1 unspecified atom stereocenters. The summed E-state index contributed by atoms with van der Waals surface area (Å²) in [6, 6.07) is 7.38. The van der Waals surface area contributed by atoms with Gasteiger partial charge in [0.05, 0.1) is 18.8 Å². The zero-order valence-corrected chi connectivity index (χ0v) is 16.8. The van der Waals surface area contributed by atoms with Crippen LogP contribution in [0.15, 0.2) is 41.9 Å². The number of unbranched alkanes of at least 4 members (excludes halogenated alkanes) is 2. The van der Waals surface area contributed by atoms with Gasteiger partial charge in [-0.15, -0.1) is 0 Å². The molecule has 0 fully saturated rings. The molecule has 1 aliphatic heterocycles. The maximum atomic E-state index is 12.9. The highest BCUT2D eigenvalue weighted by Crippen LogP contribution is 2.36. The Morgan fingerprint density at radius 1 is 1.21 bits per heavy atom. The lowest BCUT2D eigenvalue weighted by molar-refractivity contribution is -0.139. The average molecular weight is 384 g/mol. The Labute approximate surface area is 165 Å². The van der Waals surface area contributed by atoms with Gasteiger partial charge in [0.2, 0.25) is 5.95 Å². The number of fused-ring (bicyclic) bond motifs is 1. The maximum absolute atomic E-state index is 12.9. The fourth-order valence-electron chi connectivity index (χ4n) is 3.16. The largest absolute Gasteiger partial charge is 0.494 e. The number of benzene rings is 1. The van der Waals surface area contributed by atoms with Crippen molar-refractivity contribution in [3.05, 3.63) is 47.4 Å². The highest BCUT2D eigenvalue weighted by atomic mass is 16.5. The average Bonchev–Trinajstić information content (AvgIpc) is 3.15. The summed E-state index contributed by atoms with van der Waals surface area (Å²) < 4.78 is 13.1. The van der Waals surface area contributed by atoms with Crippen molar-refractivity contribution in [2.45, 2.75) is 52.5 Å². The second-order valence-electron chi connectivity index (χ2n) is 6.86. The Morgan fingerprint density at radius 2 is 2.00 bits per heavy atom. The Bertz CT molecular complexity index is 844. The van der Waals surface area contributed by atoms with Gasteiger partial charge in [0, 0.05) is 5.70 Å². The van der Waals surface area contributed by atoms with E-state index in [1.54, 1.807) is 4.68 Å². The van der Waals surface area contributed by atoms with E-state index in [0.29, 0.717) is 24.7 Å². The number of esters is 1. The van der Waals surface area contributed by atoms with Crippen LogP contribution in [0.25, 0.3) is 0 Å². The number of nitrogens with one attached hydrogen (secondary N) is 1. The molecule has 7 heteroatoms. The third kappa shape index (κ3) is 4.35. The van der Waals surface area contributed by atoms with Gasteiger partial charge in [0.1, 0.15) is 18.1 Å². The van der Waals surface area contributed by atoms with Crippen LogP contribution < -0.4 is 10.1 Å². The van der Waals surface area contributed by atoms with E-state index in [2.05, 4.69) is 29.2 Å². The van der Waals surface area contributed by atoms with Crippen molar-refractivity contribution in [1.82, 2.24) is 14.8 Å². The molecule has 1 atom stereocenters. The first-order chi connectivity index (χ1) is 13.7. The standard InChI is InChI=1S/C21H28N4O3/c1-4-6-11-27-17-10-8-9-16(13-17)19-18(20(26)28-12-7-5-2)15(3)24-21-22-14-23-25(19)21/h8-10,13-14,19H,4-7,11-12H2,1-3H3,(H,22,23,24). The summed E-state index contributed by atoms with van der Waals surface area (Å²) in [5.41, 5.74) is 2.17. The molecule has 1 aromatic carbocycles. The minimum absolute atomic E-state index is 0.332. The predicted octanol–water partition coefficient (Wildman–Crippen LogP) is 4.09. The normalized spacial score (nSPS) is 15.8. The molecule has 2 aromatic rings. The molecule has 0 aliphatic carbocycles. The van der Waals surface area contributed by atoms with Crippen LogP contribution in [0.5, 0.6) is 5.75 Å². The number of ether oxygens (including phenoxy) is 2. The lowest BCUT2D eigenvalue weighted by Crippen LogP contribution is -2.29. The van der Waals surface area contributed by atoms with Gasteiger partial charge >= 0.3 is 5.97 Å². The third-order valence-electron chi connectivity index (χ3n) is 4.69. The Balaban J connectivity index is 1.93. The number of rotatable bonds is 9. The molecular weight excluding hydrogens is 356 g/mol. The summed E-state index contributed by atoms with van der Waals surface area (Å²) in [7, 11) is 0. The first kappa shape index (κ1) is 19.9. The van der Waals surface area contributed by atoms with E-state index in [-0.39, 0.29) is 5.97 Å². The van der Waals surface area contributed by atoms with Gasteiger partial charge in [-0.25, -0.2) is 9.48 Å². The van der Waals surface area contributed by atoms with Crippen molar-refractivity contribution in [1.29, 1.82) is 0 Å². The third-order valence-corrected chi connectivity index (χ3v) is 4.69. The van der Waals surface area contributed by atoms with E-state index in [9.17, 15) is 4.79 Å².